The normalized spacial score (nSPS) is 20.3. The van der Waals surface area contributed by atoms with Crippen LogP contribution >= 0.6 is 0 Å². The molecule has 0 aliphatic carbocycles. The number of hydrogen-bond donors (Lipinski definition) is 1. The van der Waals surface area contributed by atoms with Crippen LogP contribution in [0, 0.1) is 0 Å². The Morgan fingerprint density at radius 2 is 1.76 bits per heavy atom. The lowest BCUT2D eigenvalue weighted by Gasteiger charge is -2.25. The smallest absolute Gasteiger partial charge is 0.359 e. The number of rotatable bonds is 1. The Morgan fingerprint density at radius 3 is 1.88 bits per heavy atom. The highest BCUT2D eigenvalue weighted by molar-refractivity contribution is 7.86. The summed E-state index contributed by atoms with van der Waals surface area (Å²) in [5, 5.41) is 0. The lowest BCUT2D eigenvalue weighted by atomic mass is 10.5. The van der Waals surface area contributed by atoms with Crippen molar-refractivity contribution in [2.24, 2.45) is 0 Å². The third kappa shape index (κ3) is 4.82. The molecule has 0 saturated heterocycles. The molecular formula is C8H15F3N2O3S. The minimum Gasteiger partial charge on any atom is -0.359 e. The van der Waals surface area contributed by atoms with E-state index in [0.717, 1.165) is 6.54 Å². The van der Waals surface area contributed by atoms with E-state index in [4.69, 9.17) is 13.0 Å². The fourth-order valence-corrected chi connectivity index (χ4v) is 1.04. The van der Waals surface area contributed by atoms with Crippen molar-refractivity contribution in [1.29, 1.82) is 0 Å². The van der Waals surface area contributed by atoms with Crippen LogP contribution < -0.4 is 0 Å². The molecule has 0 fully saturated rings. The Kier molecular flexibility index (Phi) is 5.27. The monoisotopic (exact) mass is 276 g/mol. The first-order valence-corrected chi connectivity index (χ1v) is 6.14. The van der Waals surface area contributed by atoms with Crippen molar-refractivity contribution in [3.63, 3.8) is 0 Å². The van der Waals surface area contributed by atoms with Gasteiger partial charge in [-0.3, -0.25) is 4.55 Å². The third-order valence-electron chi connectivity index (χ3n) is 2.22. The maximum atomic E-state index is 10.7. The van der Waals surface area contributed by atoms with Crippen LogP contribution in [0.2, 0.25) is 0 Å². The summed E-state index contributed by atoms with van der Waals surface area (Å²) < 4.78 is 57.5. The lowest BCUT2D eigenvalue weighted by Crippen LogP contribution is -2.33. The van der Waals surface area contributed by atoms with Gasteiger partial charge in [-0.2, -0.15) is 21.6 Å². The average molecular weight is 276 g/mol. The van der Waals surface area contributed by atoms with Crippen LogP contribution in [-0.2, 0) is 10.1 Å². The molecule has 0 saturated carbocycles. The molecule has 1 unspecified atom stereocenters. The molecule has 0 bridgehead atoms. The van der Waals surface area contributed by atoms with Crippen molar-refractivity contribution in [3.05, 3.63) is 12.4 Å². The minimum atomic E-state index is -5.84. The number of halogens is 3. The van der Waals surface area contributed by atoms with E-state index >= 15 is 0 Å². The molecule has 0 aromatic heterocycles. The van der Waals surface area contributed by atoms with Crippen molar-refractivity contribution < 1.29 is 26.1 Å². The van der Waals surface area contributed by atoms with Gasteiger partial charge in [-0.1, -0.05) is 0 Å². The first-order valence-electron chi connectivity index (χ1n) is 4.70. The molecule has 1 heterocycles. The van der Waals surface area contributed by atoms with E-state index in [9.17, 15) is 13.2 Å². The number of nitrogens with zero attached hydrogens (tertiary/aromatic N) is 2. The zero-order valence-electron chi connectivity index (χ0n) is 9.64. The van der Waals surface area contributed by atoms with E-state index in [1.807, 2.05) is 0 Å². The summed E-state index contributed by atoms with van der Waals surface area (Å²) in [6.45, 7) is 5.46. The molecule has 1 rings (SSSR count). The van der Waals surface area contributed by atoms with Gasteiger partial charge in [-0.15, -0.1) is 0 Å². The predicted molar refractivity (Wildman–Crippen MR) is 56.3 cm³/mol. The number of hydrogen-bond acceptors (Lipinski definition) is 4. The Bertz CT molecular complexity index is 367. The molecule has 0 spiro atoms. The molecule has 0 aromatic rings. The topological polar surface area (TPSA) is 60.9 Å². The van der Waals surface area contributed by atoms with Gasteiger partial charge >= 0.3 is 15.6 Å². The van der Waals surface area contributed by atoms with Gasteiger partial charge in [0.25, 0.3) is 0 Å². The first kappa shape index (κ1) is 16.0. The Morgan fingerprint density at radius 1 is 1.35 bits per heavy atom. The van der Waals surface area contributed by atoms with Gasteiger partial charge in [0.2, 0.25) is 0 Å². The van der Waals surface area contributed by atoms with E-state index in [0.29, 0.717) is 6.17 Å². The van der Waals surface area contributed by atoms with Crippen LogP contribution in [0.15, 0.2) is 12.4 Å². The fraction of sp³-hybridized carbons (Fsp3) is 0.750. The molecule has 17 heavy (non-hydrogen) atoms. The van der Waals surface area contributed by atoms with E-state index in [2.05, 4.69) is 43.1 Å². The highest BCUT2D eigenvalue weighted by atomic mass is 32.2. The second kappa shape index (κ2) is 5.58. The summed E-state index contributed by atoms with van der Waals surface area (Å²) in [6, 6.07) is 0. The highest BCUT2D eigenvalue weighted by Crippen LogP contribution is 2.20. The fourth-order valence-electron chi connectivity index (χ4n) is 1.04. The van der Waals surface area contributed by atoms with Gasteiger partial charge in [-0.25, -0.2) is 0 Å². The molecule has 102 valence electrons. The Labute approximate surface area is 98.2 Å². The van der Waals surface area contributed by atoms with E-state index in [1.54, 1.807) is 0 Å². The summed E-state index contributed by atoms with van der Waals surface area (Å²) in [5.74, 6) is 0. The van der Waals surface area contributed by atoms with Crippen molar-refractivity contribution in [2.75, 3.05) is 13.6 Å². The molecule has 1 N–H and O–H groups in total. The summed E-state index contributed by atoms with van der Waals surface area (Å²) >= 11 is 0. The molecule has 1 aliphatic rings. The Hall–Kier alpha value is -0.960. The zero-order valence-corrected chi connectivity index (χ0v) is 10.5. The van der Waals surface area contributed by atoms with Crippen LogP contribution in [0.4, 0.5) is 13.2 Å². The molecule has 5 nitrogen and oxygen atoms in total. The molecule has 0 aromatic carbocycles. The predicted octanol–water partition coefficient (Wildman–Crippen LogP) is 1.46. The van der Waals surface area contributed by atoms with Gasteiger partial charge in [0.15, 0.2) is 0 Å². The zero-order chi connectivity index (χ0) is 13.9. The molecular weight excluding hydrogens is 261 g/mol. The van der Waals surface area contributed by atoms with Gasteiger partial charge in [0.1, 0.15) is 0 Å². The highest BCUT2D eigenvalue weighted by Gasteiger charge is 2.44. The van der Waals surface area contributed by atoms with Crippen molar-refractivity contribution >= 4 is 10.1 Å². The Balaban J connectivity index is 0.000000304. The van der Waals surface area contributed by atoms with E-state index in [1.165, 1.54) is 0 Å². The largest absolute Gasteiger partial charge is 0.522 e. The van der Waals surface area contributed by atoms with E-state index in [-0.39, 0.29) is 0 Å². The standard InChI is InChI=1S/C7H14N2.CHF3O3S/c1-4-9-6-5-8(3)7(9)2;2-1(3,4)8(5,6)7/h5-7H,4H2,1-3H3;(H,5,6,7). The van der Waals surface area contributed by atoms with E-state index < -0.39 is 15.6 Å². The summed E-state index contributed by atoms with van der Waals surface area (Å²) in [7, 11) is -3.75. The van der Waals surface area contributed by atoms with Crippen LogP contribution in [0.5, 0.6) is 0 Å². The summed E-state index contributed by atoms with van der Waals surface area (Å²) in [5.41, 5.74) is -5.53. The van der Waals surface area contributed by atoms with Gasteiger partial charge in [0.05, 0.1) is 6.17 Å². The van der Waals surface area contributed by atoms with Gasteiger partial charge in [-0.05, 0) is 13.8 Å². The lowest BCUT2D eigenvalue weighted by molar-refractivity contribution is -0.0510. The molecule has 0 radical (unpaired) electrons. The SMILES string of the molecule is CCN1C=CN(C)C1C.O=S(=O)(O)C(F)(F)F. The molecule has 9 heteroatoms. The van der Waals surface area contributed by atoms with Crippen LogP contribution in [0.1, 0.15) is 13.8 Å². The quantitative estimate of drug-likeness (QED) is 0.580. The van der Waals surface area contributed by atoms with Crippen LogP contribution in [-0.4, -0.2) is 48.0 Å². The minimum absolute atomic E-state index is 0.551. The first-order chi connectivity index (χ1) is 7.50. The van der Waals surface area contributed by atoms with Crippen molar-refractivity contribution in [1.82, 2.24) is 9.80 Å². The third-order valence-corrected chi connectivity index (χ3v) is 2.81. The van der Waals surface area contributed by atoms with Crippen LogP contribution in [0.3, 0.4) is 0 Å². The van der Waals surface area contributed by atoms with Crippen molar-refractivity contribution in [3.8, 4) is 0 Å². The molecule has 1 atom stereocenters. The second-order valence-electron chi connectivity index (χ2n) is 3.35. The van der Waals surface area contributed by atoms with Gasteiger partial charge < -0.3 is 9.80 Å². The maximum absolute atomic E-state index is 10.7. The molecule has 0 amide bonds. The van der Waals surface area contributed by atoms with Crippen molar-refractivity contribution in [2.45, 2.75) is 25.5 Å². The van der Waals surface area contributed by atoms with Crippen LogP contribution in [0.25, 0.3) is 0 Å². The molecule has 1 aliphatic heterocycles. The second-order valence-corrected chi connectivity index (χ2v) is 4.76. The maximum Gasteiger partial charge on any atom is 0.522 e. The summed E-state index contributed by atoms with van der Waals surface area (Å²) in [4.78, 5) is 4.49. The van der Waals surface area contributed by atoms with Gasteiger partial charge in [0, 0.05) is 26.0 Å². The number of alkyl halides is 3. The summed E-state index contributed by atoms with van der Waals surface area (Å²) in [6.07, 6.45) is 4.79. The average Bonchev–Trinajstić information content (AvgIpc) is 2.45.